The number of rotatable bonds is 5. The minimum Gasteiger partial charge on any atom is -0.322 e. The Kier molecular flexibility index (Phi) is 5.05. The molecule has 0 aliphatic heterocycles. The maximum absolute atomic E-state index is 12.2. The summed E-state index contributed by atoms with van der Waals surface area (Å²) in [5.41, 5.74) is 1.31. The van der Waals surface area contributed by atoms with Crippen LogP contribution < -0.4 is 10.0 Å². The average Bonchev–Trinajstić information content (AvgIpc) is 2.49. The number of amides is 1. The molecule has 0 fully saturated rings. The molecule has 2 aromatic rings. The lowest BCUT2D eigenvalue weighted by molar-refractivity contribution is 0.102. The van der Waals surface area contributed by atoms with E-state index in [2.05, 4.69) is 10.0 Å². The highest BCUT2D eigenvalue weighted by Gasteiger charge is 2.10. The fraction of sp³-hybridized carbons (Fsp3) is 0.133. The maximum atomic E-state index is 12.2. The second-order valence-corrected chi connectivity index (χ2v) is 6.99. The largest absolute Gasteiger partial charge is 0.322 e. The van der Waals surface area contributed by atoms with Crippen molar-refractivity contribution in [2.45, 2.75) is 6.92 Å². The molecule has 0 saturated carbocycles. The van der Waals surface area contributed by atoms with Crippen LogP contribution in [0.1, 0.15) is 17.3 Å². The Hall–Kier alpha value is -2.05. The second-order valence-electron chi connectivity index (χ2n) is 4.55. The zero-order valence-corrected chi connectivity index (χ0v) is 13.4. The van der Waals surface area contributed by atoms with E-state index < -0.39 is 10.0 Å². The van der Waals surface area contributed by atoms with E-state index in [4.69, 9.17) is 11.6 Å². The highest BCUT2D eigenvalue weighted by molar-refractivity contribution is 7.92. The van der Waals surface area contributed by atoms with Gasteiger partial charge in [-0.15, -0.1) is 0 Å². The van der Waals surface area contributed by atoms with Gasteiger partial charge in [-0.25, -0.2) is 8.42 Å². The molecule has 0 aliphatic carbocycles. The number of sulfonamides is 1. The molecule has 0 bridgehead atoms. The number of halogens is 1. The van der Waals surface area contributed by atoms with Gasteiger partial charge < -0.3 is 5.32 Å². The predicted octanol–water partition coefficient (Wildman–Crippen LogP) is 3.35. The van der Waals surface area contributed by atoms with E-state index in [1.165, 1.54) is 6.07 Å². The third-order valence-corrected chi connectivity index (χ3v) is 4.44. The molecule has 0 atom stereocenters. The van der Waals surface area contributed by atoms with Gasteiger partial charge >= 0.3 is 0 Å². The van der Waals surface area contributed by atoms with E-state index in [9.17, 15) is 13.2 Å². The fourth-order valence-corrected chi connectivity index (χ4v) is 2.47. The van der Waals surface area contributed by atoms with Gasteiger partial charge in [-0.2, -0.15) is 0 Å². The number of hydrogen-bond donors (Lipinski definition) is 2. The van der Waals surface area contributed by atoms with Crippen molar-refractivity contribution in [2.24, 2.45) is 0 Å². The van der Waals surface area contributed by atoms with Crippen LogP contribution in [0, 0.1) is 0 Å². The van der Waals surface area contributed by atoms with Crippen molar-refractivity contribution in [1.29, 1.82) is 0 Å². The van der Waals surface area contributed by atoms with Gasteiger partial charge in [0.05, 0.1) is 5.75 Å². The lowest BCUT2D eigenvalue weighted by Crippen LogP contribution is -2.16. The first kappa shape index (κ1) is 16.3. The summed E-state index contributed by atoms with van der Waals surface area (Å²) in [6.45, 7) is 1.54. The van der Waals surface area contributed by atoms with E-state index in [1.54, 1.807) is 49.4 Å². The van der Waals surface area contributed by atoms with E-state index in [1.807, 2.05) is 0 Å². The van der Waals surface area contributed by atoms with Crippen molar-refractivity contribution in [1.82, 2.24) is 0 Å². The molecule has 0 unspecified atom stereocenters. The van der Waals surface area contributed by atoms with Gasteiger partial charge in [0.1, 0.15) is 0 Å². The summed E-state index contributed by atoms with van der Waals surface area (Å²) in [4.78, 5) is 12.2. The van der Waals surface area contributed by atoms with Crippen molar-refractivity contribution in [3.8, 4) is 0 Å². The summed E-state index contributed by atoms with van der Waals surface area (Å²) < 4.78 is 25.5. The highest BCUT2D eigenvalue weighted by Crippen LogP contribution is 2.16. The normalized spacial score (nSPS) is 11.0. The molecule has 116 valence electrons. The van der Waals surface area contributed by atoms with Crippen molar-refractivity contribution < 1.29 is 13.2 Å². The summed E-state index contributed by atoms with van der Waals surface area (Å²) in [6, 6.07) is 13.0. The molecule has 2 N–H and O–H groups in total. The quantitative estimate of drug-likeness (QED) is 0.877. The number of benzene rings is 2. The molecule has 0 spiro atoms. The first-order chi connectivity index (χ1) is 10.4. The van der Waals surface area contributed by atoms with Crippen molar-refractivity contribution >= 4 is 38.9 Å². The average molecular weight is 339 g/mol. The number of nitrogens with one attached hydrogen (secondary N) is 2. The first-order valence-electron chi connectivity index (χ1n) is 6.57. The smallest absolute Gasteiger partial charge is 0.255 e. The fourth-order valence-electron chi connectivity index (χ4n) is 1.71. The predicted molar refractivity (Wildman–Crippen MR) is 88.9 cm³/mol. The van der Waals surface area contributed by atoms with Gasteiger partial charge in [0.25, 0.3) is 5.91 Å². The lowest BCUT2D eigenvalue weighted by Gasteiger charge is -2.09. The SMILES string of the molecule is CCS(=O)(=O)Nc1cccc(C(=O)Nc2ccc(Cl)cc2)c1. The third-order valence-electron chi connectivity index (χ3n) is 2.88. The monoisotopic (exact) mass is 338 g/mol. The lowest BCUT2D eigenvalue weighted by atomic mass is 10.2. The van der Waals surface area contributed by atoms with Crippen LogP contribution in [0.5, 0.6) is 0 Å². The minimum absolute atomic E-state index is 0.0335. The molecular formula is C15H15ClN2O3S. The van der Waals surface area contributed by atoms with Crippen molar-refractivity contribution in [3.05, 3.63) is 59.1 Å². The molecule has 0 heterocycles. The number of carbonyl (C=O) groups excluding carboxylic acids is 1. The Balaban J connectivity index is 2.15. The van der Waals surface area contributed by atoms with E-state index in [0.717, 1.165) is 0 Å². The summed E-state index contributed by atoms with van der Waals surface area (Å²) in [5, 5.41) is 3.29. The molecule has 2 aromatic carbocycles. The molecule has 7 heteroatoms. The topological polar surface area (TPSA) is 75.3 Å². The molecule has 0 aliphatic rings. The van der Waals surface area contributed by atoms with Gasteiger partial charge in [0, 0.05) is 22.0 Å². The van der Waals surface area contributed by atoms with Gasteiger partial charge in [0.15, 0.2) is 0 Å². The zero-order valence-electron chi connectivity index (χ0n) is 11.8. The number of anilines is 2. The Morgan fingerprint density at radius 3 is 2.41 bits per heavy atom. The summed E-state index contributed by atoms with van der Waals surface area (Å²) in [5.74, 6) is -0.367. The van der Waals surface area contributed by atoms with Gasteiger partial charge in [0.2, 0.25) is 10.0 Å². The Morgan fingerprint density at radius 2 is 1.77 bits per heavy atom. The number of carbonyl (C=O) groups is 1. The minimum atomic E-state index is -3.38. The summed E-state index contributed by atoms with van der Waals surface area (Å²) in [6.07, 6.45) is 0. The van der Waals surface area contributed by atoms with Crippen LogP contribution in [0.2, 0.25) is 5.02 Å². The molecule has 0 radical (unpaired) electrons. The van der Waals surface area contributed by atoms with Crippen LogP contribution in [-0.2, 0) is 10.0 Å². The standard InChI is InChI=1S/C15H15ClN2O3S/c1-2-22(20,21)18-14-5-3-4-11(10-14)15(19)17-13-8-6-12(16)7-9-13/h3-10,18H,2H2,1H3,(H,17,19). The molecule has 5 nitrogen and oxygen atoms in total. The van der Waals surface area contributed by atoms with Crippen molar-refractivity contribution in [2.75, 3.05) is 15.8 Å². The van der Waals surface area contributed by atoms with E-state index in [0.29, 0.717) is 22.0 Å². The van der Waals surface area contributed by atoms with E-state index in [-0.39, 0.29) is 11.7 Å². The van der Waals surface area contributed by atoms with Crippen molar-refractivity contribution in [3.63, 3.8) is 0 Å². The first-order valence-corrected chi connectivity index (χ1v) is 8.60. The van der Waals surface area contributed by atoms with Crippen LogP contribution in [0.15, 0.2) is 48.5 Å². The summed E-state index contributed by atoms with van der Waals surface area (Å²) >= 11 is 5.78. The maximum Gasteiger partial charge on any atom is 0.255 e. The highest BCUT2D eigenvalue weighted by atomic mass is 35.5. The summed E-state index contributed by atoms with van der Waals surface area (Å²) in [7, 11) is -3.38. The molecule has 2 rings (SSSR count). The zero-order chi connectivity index (χ0) is 16.2. The van der Waals surface area contributed by atoms with Crippen LogP contribution in [-0.4, -0.2) is 20.1 Å². The molecular weight excluding hydrogens is 324 g/mol. The third kappa shape index (κ3) is 4.47. The van der Waals surface area contributed by atoms with E-state index >= 15 is 0 Å². The second kappa shape index (κ2) is 6.81. The Morgan fingerprint density at radius 1 is 1.09 bits per heavy atom. The molecule has 0 saturated heterocycles. The van der Waals surface area contributed by atoms with Gasteiger partial charge in [-0.3, -0.25) is 9.52 Å². The van der Waals surface area contributed by atoms with Crippen LogP contribution in [0.25, 0.3) is 0 Å². The van der Waals surface area contributed by atoms with Gasteiger partial charge in [-0.05, 0) is 49.4 Å². The van der Waals surface area contributed by atoms with Crippen LogP contribution in [0.4, 0.5) is 11.4 Å². The van der Waals surface area contributed by atoms with Crippen LogP contribution in [0.3, 0.4) is 0 Å². The molecule has 1 amide bonds. The Bertz CT molecular complexity index is 774. The van der Waals surface area contributed by atoms with Gasteiger partial charge in [-0.1, -0.05) is 17.7 Å². The van der Waals surface area contributed by atoms with Crippen LogP contribution >= 0.6 is 11.6 Å². The molecule has 0 aromatic heterocycles. The number of hydrogen-bond acceptors (Lipinski definition) is 3. The molecule has 22 heavy (non-hydrogen) atoms. The Labute approximate surface area is 134 Å².